The van der Waals surface area contributed by atoms with Crippen molar-refractivity contribution in [3.8, 4) is 0 Å². The van der Waals surface area contributed by atoms with Crippen molar-refractivity contribution in [1.29, 1.82) is 0 Å². The first-order valence-corrected chi connectivity index (χ1v) is 6.78. The zero-order valence-electron chi connectivity index (χ0n) is 11.0. The van der Waals surface area contributed by atoms with E-state index < -0.39 is 0 Å². The fourth-order valence-corrected chi connectivity index (χ4v) is 2.14. The molecule has 0 saturated heterocycles. The Kier molecular flexibility index (Phi) is 3.71. The van der Waals surface area contributed by atoms with Crippen LogP contribution in [-0.2, 0) is 4.79 Å². The Labute approximate surface area is 127 Å². The Morgan fingerprint density at radius 2 is 1.67 bits per heavy atom. The van der Waals surface area contributed by atoms with E-state index in [1.165, 1.54) is 0 Å². The maximum atomic E-state index is 11.9. The third-order valence-electron chi connectivity index (χ3n) is 3.00. The van der Waals surface area contributed by atoms with Crippen LogP contribution in [0, 0.1) is 0 Å². The van der Waals surface area contributed by atoms with Crippen LogP contribution in [0.2, 0.25) is 5.02 Å². The summed E-state index contributed by atoms with van der Waals surface area (Å²) < 4.78 is 0. The first-order valence-electron chi connectivity index (χ1n) is 6.41. The molecular weight excluding hydrogens is 286 g/mol. The normalized spacial score (nSPS) is 16.1. The van der Waals surface area contributed by atoms with Gasteiger partial charge in [0.25, 0.3) is 5.91 Å². The van der Waals surface area contributed by atoms with Crippen molar-refractivity contribution in [2.75, 3.05) is 0 Å². The number of rotatable bonds is 2. The fraction of sp³-hybridized carbons (Fsp3) is 0. The standard InChI is InChI=1S/C16H12ClN3O/c17-13-9-5-4-8-12(13)10-14-16(21)20-19-15(18-14)11-6-2-1-3-7-11/h1-10H,(H,18,19)(H,20,21)/b14-10-. The number of hydrogen-bond donors (Lipinski definition) is 2. The number of benzene rings is 2. The Morgan fingerprint density at radius 1 is 0.952 bits per heavy atom. The predicted octanol–water partition coefficient (Wildman–Crippen LogP) is 2.76. The molecule has 5 heteroatoms. The molecule has 0 atom stereocenters. The minimum atomic E-state index is -0.297. The minimum Gasteiger partial charge on any atom is -0.281 e. The zero-order chi connectivity index (χ0) is 14.7. The van der Waals surface area contributed by atoms with E-state index in [4.69, 9.17) is 11.6 Å². The molecule has 0 saturated carbocycles. The van der Waals surface area contributed by atoms with Gasteiger partial charge < -0.3 is 0 Å². The van der Waals surface area contributed by atoms with E-state index in [2.05, 4.69) is 15.8 Å². The number of carbonyl (C=O) groups excluding carboxylic acids is 1. The van der Waals surface area contributed by atoms with E-state index in [0.717, 1.165) is 11.1 Å². The van der Waals surface area contributed by atoms with Crippen molar-refractivity contribution in [2.45, 2.75) is 0 Å². The lowest BCUT2D eigenvalue weighted by molar-refractivity contribution is -0.118. The summed E-state index contributed by atoms with van der Waals surface area (Å²) >= 11 is 6.10. The molecule has 0 fully saturated rings. The highest BCUT2D eigenvalue weighted by atomic mass is 35.5. The number of nitrogens with zero attached hydrogens (tertiary/aromatic N) is 1. The summed E-state index contributed by atoms with van der Waals surface area (Å²) in [5.41, 5.74) is 7.33. The zero-order valence-corrected chi connectivity index (χ0v) is 11.8. The SMILES string of the molecule is O=C1NNC(c2ccccc2)=N/C1=C\c1ccccc1Cl. The number of nitrogens with one attached hydrogen (secondary N) is 2. The molecule has 4 nitrogen and oxygen atoms in total. The third kappa shape index (κ3) is 2.95. The molecule has 2 aromatic carbocycles. The monoisotopic (exact) mass is 297 g/mol. The number of carbonyl (C=O) groups is 1. The summed E-state index contributed by atoms with van der Waals surface area (Å²) in [7, 11) is 0. The smallest absolute Gasteiger partial charge is 0.281 e. The number of halogens is 1. The van der Waals surface area contributed by atoms with Crippen LogP contribution in [0.15, 0.2) is 65.3 Å². The van der Waals surface area contributed by atoms with E-state index in [1.54, 1.807) is 12.1 Å². The Balaban J connectivity index is 2.01. The summed E-state index contributed by atoms with van der Waals surface area (Å²) in [5, 5.41) is 0.577. The molecule has 0 bridgehead atoms. The maximum Gasteiger partial charge on any atom is 0.288 e. The van der Waals surface area contributed by atoms with Crippen molar-refractivity contribution in [3.05, 3.63) is 76.4 Å². The van der Waals surface area contributed by atoms with Crippen LogP contribution in [0.4, 0.5) is 0 Å². The van der Waals surface area contributed by atoms with Crippen LogP contribution in [0.25, 0.3) is 6.08 Å². The molecule has 1 heterocycles. The lowest BCUT2D eigenvalue weighted by Crippen LogP contribution is -2.46. The van der Waals surface area contributed by atoms with Crippen molar-refractivity contribution in [3.63, 3.8) is 0 Å². The molecule has 104 valence electrons. The molecular formula is C16H12ClN3O. The van der Waals surface area contributed by atoms with Crippen LogP contribution >= 0.6 is 11.6 Å². The van der Waals surface area contributed by atoms with Crippen LogP contribution in [0.1, 0.15) is 11.1 Å². The van der Waals surface area contributed by atoms with E-state index >= 15 is 0 Å². The van der Waals surface area contributed by atoms with Crippen LogP contribution in [-0.4, -0.2) is 11.7 Å². The van der Waals surface area contributed by atoms with Gasteiger partial charge >= 0.3 is 0 Å². The first kappa shape index (κ1) is 13.4. The van der Waals surface area contributed by atoms with Crippen molar-refractivity contribution in [2.24, 2.45) is 4.99 Å². The van der Waals surface area contributed by atoms with Gasteiger partial charge in [0.1, 0.15) is 5.70 Å². The maximum absolute atomic E-state index is 11.9. The van der Waals surface area contributed by atoms with Gasteiger partial charge in [-0.3, -0.25) is 15.6 Å². The van der Waals surface area contributed by atoms with Gasteiger partial charge in [0.15, 0.2) is 5.84 Å². The second-order valence-corrected chi connectivity index (χ2v) is 4.86. The first-order chi connectivity index (χ1) is 10.2. The Bertz CT molecular complexity index is 738. The molecule has 0 radical (unpaired) electrons. The second-order valence-electron chi connectivity index (χ2n) is 4.46. The molecule has 2 aromatic rings. The minimum absolute atomic E-state index is 0.297. The fourth-order valence-electron chi connectivity index (χ4n) is 1.95. The number of amides is 1. The summed E-state index contributed by atoms with van der Waals surface area (Å²) in [5.74, 6) is 0.295. The summed E-state index contributed by atoms with van der Waals surface area (Å²) in [4.78, 5) is 16.3. The molecule has 3 rings (SSSR count). The van der Waals surface area contributed by atoms with Gasteiger partial charge in [-0.2, -0.15) is 0 Å². The van der Waals surface area contributed by atoms with Crippen LogP contribution in [0.5, 0.6) is 0 Å². The average molecular weight is 298 g/mol. The van der Waals surface area contributed by atoms with E-state index in [-0.39, 0.29) is 5.91 Å². The van der Waals surface area contributed by atoms with Gasteiger partial charge in [0.2, 0.25) is 0 Å². The van der Waals surface area contributed by atoms with Crippen LogP contribution < -0.4 is 10.9 Å². The highest BCUT2D eigenvalue weighted by molar-refractivity contribution is 6.32. The number of aliphatic imine (C=N–C) groups is 1. The highest BCUT2D eigenvalue weighted by Gasteiger charge is 2.17. The number of amidine groups is 1. The molecule has 0 unspecified atom stereocenters. The quantitative estimate of drug-likeness (QED) is 0.838. The second kappa shape index (κ2) is 5.81. The van der Waals surface area contributed by atoms with Gasteiger partial charge in [-0.15, -0.1) is 0 Å². The van der Waals surface area contributed by atoms with E-state index in [9.17, 15) is 4.79 Å². The third-order valence-corrected chi connectivity index (χ3v) is 3.35. The summed E-state index contributed by atoms with van der Waals surface area (Å²) in [6, 6.07) is 16.9. The van der Waals surface area contributed by atoms with E-state index in [0.29, 0.717) is 16.6 Å². The molecule has 1 amide bonds. The molecule has 0 aromatic heterocycles. The summed E-state index contributed by atoms with van der Waals surface area (Å²) in [6.07, 6.45) is 1.67. The highest BCUT2D eigenvalue weighted by Crippen LogP contribution is 2.19. The van der Waals surface area contributed by atoms with Gasteiger partial charge in [0, 0.05) is 10.6 Å². The van der Waals surface area contributed by atoms with E-state index in [1.807, 2.05) is 48.5 Å². The molecule has 0 aliphatic carbocycles. The molecule has 21 heavy (non-hydrogen) atoms. The summed E-state index contributed by atoms with van der Waals surface area (Å²) in [6.45, 7) is 0. The lowest BCUT2D eigenvalue weighted by atomic mass is 10.1. The molecule has 1 aliphatic heterocycles. The molecule has 0 spiro atoms. The van der Waals surface area contributed by atoms with Crippen molar-refractivity contribution >= 4 is 29.4 Å². The largest absolute Gasteiger partial charge is 0.288 e. The van der Waals surface area contributed by atoms with Gasteiger partial charge in [-0.05, 0) is 17.7 Å². The Morgan fingerprint density at radius 3 is 2.43 bits per heavy atom. The number of hydrogen-bond acceptors (Lipinski definition) is 3. The van der Waals surface area contributed by atoms with Gasteiger partial charge in [0.05, 0.1) is 0 Å². The van der Waals surface area contributed by atoms with Crippen LogP contribution in [0.3, 0.4) is 0 Å². The molecule has 2 N–H and O–H groups in total. The average Bonchev–Trinajstić information content (AvgIpc) is 2.52. The van der Waals surface area contributed by atoms with Crippen molar-refractivity contribution in [1.82, 2.24) is 10.9 Å². The lowest BCUT2D eigenvalue weighted by Gasteiger charge is -2.17. The predicted molar refractivity (Wildman–Crippen MR) is 83.7 cm³/mol. The van der Waals surface area contributed by atoms with Gasteiger partial charge in [-0.25, -0.2) is 4.99 Å². The number of hydrazine groups is 1. The van der Waals surface area contributed by atoms with Crippen molar-refractivity contribution < 1.29 is 4.79 Å². The molecule has 1 aliphatic rings. The Hall–Kier alpha value is -2.59. The topological polar surface area (TPSA) is 53.5 Å². The van der Waals surface area contributed by atoms with Gasteiger partial charge in [-0.1, -0.05) is 60.1 Å².